The topological polar surface area (TPSA) is 55.1 Å². The lowest BCUT2D eigenvalue weighted by molar-refractivity contribution is -0.121. The van der Waals surface area contributed by atoms with E-state index in [0.29, 0.717) is 29.5 Å². The molecule has 4 nitrogen and oxygen atoms in total. The number of nitrogens with zero attached hydrogens (tertiary/aromatic N) is 1. The highest BCUT2D eigenvalue weighted by atomic mass is 35.5. The molecule has 22 heavy (non-hydrogen) atoms. The Kier molecular flexibility index (Phi) is 6.46. The molecule has 0 unspecified atom stereocenters. The van der Waals surface area contributed by atoms with Gasteiger partial charge in [0.15, 0.2) is 11.7 Å². The summed E-state index contributed by atoms with van der Waals surface area (Å²) in [5, 5.41) is 3.59. The molecule has 1 N–H and O–H groups in total. The second kappa shape index (κ2) is 8.59. The molecule has 0 radical (unpaired) electrons. The van der Waals surface area contributed by atoms with Crippen LogP contribution in [0.4, 0.5) is 0 Å². The molecule has 0 bridgehead atoms. The van der Waals surface area contributed by atoms with Crippen LogP contribution in [0, 0.1) is 0 Å². The summed E-state index contributed by atoms with van der Waals surface area (Å²) in [6.45, 7) is 2.89. The van der Waals surface area contributed by atoms with Gasteiger partial charge in [-0.05, 0) is 30.7 Å². The summed E-state index contributed by atoms with van der Waals surface area (Å²) < 4.78 is 5.67. The number of amides is 1. The first-order valence-electron chi connectivity index (χ1n) is 7.66. The van der Waals surface area contributed by atoms with E-state index < -0.39 is 0 Å². The van der Waals surface area contributed by atoms with E-state index in [1.54, 1.807) is 6.20 Å². The van der Waals surface area contributed by atoms with Crippen LogP contribution in [0.25, 0.3) is 11.3 Å². The molecule has 0 atom stereocenters. The molecule has 1 amide bonds. The predicted molar refractivity (Wildman–Crippen MR) is 87.8 cm³/mol. The van der Waals surface area contributed by atoms with Gasteiger partial charge in [0.05, 0.1) is 6.20 Å². The Hall–Kier alpha value is -1.81. The first kappa shape index (κ1) is 16.6. The minimum Gasteiger partial charge on any atom is -0.441 e. The van der Waals surface area contributed by atoms with Crippen molar-refractivity contribution in [2.24, 2.45) is 0 Å². The number of nitrogens with one attached hydrogen (secondary N) is 1. The van der Waals surface area contributed by atoms with Gasteiger partial charge in [-0.1, -0.05) is 31.4 Å². The third-order valence-corrected chi connectivity index (χ3v) is 3.60. The van der Waals surface area contributed by atoms with E-state index in [4.69, 9.17) is 16.0 Å². The number of hydrogen-bond donors (Lipinski definition) is 1. The zero-order valence-corrected chi connectivity index (χ0v) is 13.5. The molecule has 0 saturated carbocycles. The molecule has 1 heterocycles. The summed E-state index contributed by atoms with van der Waals surface area (Å²) in [5.41, 5.74) is 0.923. The van der Waals surface area contributed by atoms with Gasteiger partial charge in [0, 0.05) is 30.0 Å². The minimum atomic E-state index is 0.0438. The van der Waals surface area contributed by atoms with Gasteiger partial charge in [0.25, 0.3) is 0 Å². The molecule has 1 aromatic heterocycles. The quantitative estimate of drug-likeness (QED) is 0.740. The molecule has 0 aliphatic heterocycles. The molecule has 0 saturated heterocycles. The average molecular weight is 321 g/mol. The number of benzene rings is 1. The summed E-state index contributed by atoms with van der Waals surface area (Å²) in [6.07, 6.45) is 5.91. The van der Waals surface area contributed by atoms with Crippen molar-refractivity contribution >= 4 is 17.5 Å². The Balaban J connectivity index is 1.79. The lowest BCUT2D eigenvalue weighted by Crippen LogP contribution is -2.24. The van der Waals surface area contributed by atoms with Gasteiger partial charge in [0.1, 0.15) is 0 Å². The molecule has 1 aromatic carbocycles. The Morgan fingerprint density at radius 2 is 2.05 bits per heavy atom. The number of carbonyl (C=O) groups excluding carboxylic acids is 1. The summed E-state index contributed by atoms with van der Waals surface area (Å²) in [7, 11) is 0. The Morgan fingerprint density at radius 1 is 1.27 bits per heavy atom. The van der Waals surface area contributed by atoms with Crippen LogP contribution in [0.15, 0.2) is 34.9 Å². The lowest BCUT2D eigenvalue weighted by Gasteiger charge is -2.03. The van der Waals surface area contributed by atoms with E-state index in [2.05, 4.69) is 17.2 Å². The molecule has 2 rings (SSSR count). The standard InChI is InChI=1S/C17H21ClN2O2/c1-2-3-4-11-19-16(21)9-10-17-20-12-15(22-17)13-5-7-14(18)8-6-13/h5-8,12H,2-4,9-11H2,1H3,(H,19,21). The van der Waals surface area contributed by atoms with Gasteiger partial charge >= 0.3 is 0 Å². The van der Waals surface area contributed by atoms with Crippen molar-refractivity contribution < 1.29 is 9.21 Å². The number of rotatable bonds is 8. The number of oxazole rings is 1. The van der Waals surface area contributed by atoms with Crippen molar-refractivity contribution in [2.75, 3.05) is 6.54 Å². The fourth-order valence-electron chi connectivity index (χ4n) is 2.09. The van der Waals surface area contributed by atoms with Crippen LogP contribution in [0.1, 0.15) is 38.5 Å². The number of aromatic nitrogens is 1. The molecule has 0 fully saturated rings. The van der Waals surface area contributed by atoms with Crippen molar-refractivity contribution in [1.82, 2.24) is 10.3 Å². The Bertz CT molecular complexity index is 593. The largest absolute Gasteiger partial charge is 0.441 e. The lowest BCUT2D eigenvalue weighted by atomic mass is 10.2. The van der Waals surface area contributed by atoms with Crippen LogP contribution in [-0.4, -0.2) is 17.4 Å². The zero-order valence-electron chi connectivity index (χ0n) is 12.8. The normalized spacial score (nSPS) is 10.6. The first-order chi connectivity index (χ1) is 10.7. The predicted octanol–water partition coefficient (Wildman–Crippen LogP) is 4.23. The third kappa shape index (κ3) is 5.19. The van der Waals surface area contributed by atoms with Crippen molar-refractivity contribution in [1.29, 1.82) is 0 Å². The monoisotopic (exact) mass is 320 g/mol. The third-order valence-electron chi connectivity index (χ3n) is 3.35. The summed E-state index contributed by atoms with van der Waals surface area (Å²) in [4.78, 5) is 15.9. The maximum Gasteiger partial charge on any atom is 0.220 e. The smallest absolute Gasteiger partial charge is 0.220 e. The van der Waals surface area contributed by atoms with E-state index in [-0.39, 0.29) is 5.91 Å². The van der Waals surface area contributed by atoms with Crippen molar-refractivity contribution in [2.45, 2.75) is 39.0 Å². The SMILES string of the molecule is CCCCCNC(=O)CCc1ncc(-c2ccc(Cl)cc2)o1. The van der Waals surface area contributed by atoms with Crippen LogP contribution in [-0.2, 0) is 11.2 Å². The van der Waals surface area contributed by atoms with Gasteiger partial charge in [0.2, 0.25) is 5.91 Å². The number of hydrogen-bond acceptors (Lipinski definition) is 3. The van der Waals surface area contributed by atoms with Gasteiger partial charge in [-0.2, -0.15) is 0 Å². The van der Waals surface area contributed by atoms with Crippen LogP contribution in [0.2, 0.25) is 5.02 Å². The second-order valence-electron chi connectivity index (χ2n) is 5.18. The molecule has 0 aliphatic carbocycles. The van der Waals surface area contributed by atoms with Gasteiger partial charge in [-0.25, -0.2) is 4.98 Å². The van der Waals surface area contributed by atoms with Crippen molar-refractivity contribution in [3.8, 4) is 11.3 Å². The second-order valence-corrected chi connectivity index (χ2v) is 5.62. The maximum atomic E-state index is 11.7. The Morgan fingerprint density at radius 3 is 2.77 bits per heavy atom. The van der Waals surface area contributed by atoms with E-state index in [0.717, 1.165) is 31.4 Å². The average Bonchev–Trinajstić information content (AvgIpc) is 2.99. The highest BCUT2D eigenvalue weighted by Crippen LogP contribution is 2.22. The van der Waals surface area contributed by atoms with E-state index in [1.807, 2.05) is 24.3 Å². The van der Waals surface area contributed by atoms with E-state index >= 15 is 0 Å². The zero-order chi connectivity index (χ0) is 15.8. The van der Waals surface area contributed by atoms with Crippen molar-refractivity contribution in [3.05, 3.63) is 41.4 Å². The van der Waals surface area contributed by atoms with Crippen LogP contribution < -0.4 is 5.32 Å². The van der Waals surface area contributed by atoms with Gasteiger partial charge in [-0.3, -0.25) is 4.79 Å². The van der Waals surface area contributed by atoms with Crippen LogP contribution in [0.3, 0.4) is 0 Å². The van der Waals surface area contributed by atoms with Gasteiger partial charge < -0.3 is 9.73 Å². The highest BCUT2D eigenvalue weighted by molar-refractivity contribution is 6.30. The molecule has 2 aromatic rings. The highest BCUT2D eigenvalue weighted by Gasteiger charge is 2.08. The Labute approximate surface area is 135 Å². The first-order valence-corrected chi connectivity index (χ1v) is 8.04. The molecule has 0 spiro atoms. The van der Waals surface area contributed by atoms with E-state index in [1.165, 1.54) is 0 Å². The molecular weight excluding hydrogens is 300 g/mol. The number of halogens is 1. The van der Waals surface area contributed by atoms with E-state index in [9.17, 15) is 4.79 Å². The minimum absolute atomic E-state index is 0.0438. The van der Waals surface area contributed by atoms with Crippen molar-refractivity contribution in [3.63, 3.8) is 0 Å². The number of unbranched alkanes of at least 4 members (excludes halogenated alkanes) is 2. The van der Waals surface area contributed by atoms with Crippen LogP contribution in [0.5, 0.6) is 0 Å². The number of aryl methyl sites for hydroxylation is 1. The fraction of sp³-hybridized carbons (Fsp3) is 0.412. The summed E-state index contributed by atoms with van der Waals surface area (Å²) in [5.74, 6) is 1.31. The molecular formula is C17H21ClN2O2. The summed E-state index contributed by atoms with van der Waals surface area (Å²) >= 11 is 5.86. The van der Waals surface area contributed by atoms with Crippen LogP contribution >= 0.6 is 11.6 Å². The number of carbonyl (C=O) groups is 1. The summed E-state index contributed by atoms with van der Waals surface area (Å²) in [6, 6.07) is 7.38. The fourth-order valence-corrected chi connectivity index (χ4v) is 2.21. The molecule has 5 heteroatoms. The van der Waals surface area contributed by atoms with Gasteiger partial charge in [-0.15, -0.1) is 0 Å². The molecule has 0 aliphatic rings. The molecule has 118 valence electrons. The maximum absolute atomic E-state index is 11.7.